The molecule has 100 valence electrons. The van der Waals surface area contributed by atoms with Gasteiger partial charge in [-0.15, -0.1) is 23.4 Å². The van der Waals surface area contributed by atoms with Crippen LogP contribution in [0.25, 0.3) is 0 Å². The van der Waals surface area contributed by atoms with E-state index < -0.39 is 0 Å². The largest absolute Gasteiger partial charge is 0.315 e. The maximum Gasteiger partial charge on any atom is 0.0260 e. The Morgan fingerprint density at radius 1 is 1.44 bits per heavy atom. The summed E-state index contributed by atoms with van der Waals surface area (Å²) >= 11 is 7.83. The van der Waals surface area contributed by atoms with E-state index in [-0.39, 0.29) is 0 Å². The second-order valence-electron chi connectivity index (χ2n) is 4.96. The van der Waals surface area contributed by atoms with Crippen LogP contribution < -0.4 is 5.32 Å². The smallest absolute Gasteiger partial charge is 0.0260 e. The number of nitrogens with one attached hydrogen (secondary N) is 1. The first-order valence-corrected chi connectivity index (χ1v) is 8.26. The Hall–Kier alpha value is -0.180. The highest BCUT2D eigenvalue weighted by Crippen LogP contribution is 2.36. The molecule has 0 saturated heterocycles. The third kappa shape index (κ3) is 3.91. The quantitative estimate of drug-likeness (QED) is 0.761. The van der Waals surface area contributed by atoms with Crippen LogP contribution in [0.4, 0.5) is 0 Å². The number of halogens is 1. The van der Waals surface area contributed by atoms with Gasteiger partial charge in [0.05, 0.1) is 0 Å². The zero-order valence-electron chi connectivity index (χ0n) is 11.0. The summed E-state index contributed by atoms with van der Waals surface area (Å²) in [7, 11) is 0. The fourth-order valence-electron chi connectivity index (χ4n) is 2.42. The number of hydrogen-bond donors (Lipinski definition) is 1. The van der Waals surface area contributed by atoms with Crippen molar-refractivity contribution in [3.63, 3.8) is 0 Å². The number of alkyl halides is 1. The normalized spacial score (nSPS) is 19.8. The summed E-state index contributed by atoms with van der Waals surface area (Å²) in [6.07, 6.45) is 3.56. The maximum absolute atomic E-state index is 5.81. The van der Waals surface area contributed by atoms with E-state index in [4.69, 9.17) is 11.6 Å². The molecule has 1 heterocycles. The zero-order valence-corrected chi connectivity index (χ0v) is 12.6. The van der Waals surface area contributed by atoms with Gasteiger partial charge in [-0.3, -0.25) is 0 Å². The third-order valence-electron chi connectivity index (χ3n) is 3.61. The minimum atomic E-state index is 0.705. The third-order valence-corrected chi connectivity index (χ3v) is 5.15. The minimum absolute atomic E-state index is 0.705. The molecule has 0 amide bonds. The van der Waals surface area contributed by atoms with Crippen LogP contribution >= 0.6 is 23.4 Å². The Morgan fingerprint density at radius 3 is 3.00 bits per heavy atom. The molecule has 0 fully saturated rings. The SMILES string of the molecule is CCC(CCCl)CNCC1Cc2ccccc2S1. The lowest BCUT2D eigenvalue weighted by atomic mass is 10.0. The lowest BCUT2D eigenvalue weighted by molar-refractivity contribution is 0.452. The van der Waals surface area contributed by atoms with Crippen molar-refractivity contribution in [3.05, 3.63) is 29.8 Å². The molecule has 0 radical (unpaired) electrons. The Morgan fingerprint density at radius 2 is 2.28 bits per heavy atom. The summed E-state index contributed by atoms with van der Waals surface area (Å²) in [5.74, 6) is 1.51. The van der Waals surface area contributed by atoms with Crippen LogP contribution in [0.2, 0.25) is 0 Å². The van der Waals surface area contributed by atoms with Crippen molar-refractivity contribution in [2.24, 2.45) is 5.92 Å². The Kier molecular flexibility index (Phi) is 5.87. The van der Waals surface area contributed by atoms with E-state index in [9.17, 15) is 0 Å². The average Bonchev–Trinajstić information content (AvgIpc) is 2.80. The van der Waals surface area contributed by atoms with Gasteiger partial charge < -0.3 is 5.32 Å². The predicted molar refractivity (Wildman–Crippen MR) is 81.8 cm³/mol. The second-order valence-corrected chi connectivity index (χ2v) is 6.68. The first-order valence-electron chi connectivity index (χ1n) is 6.84. The highest BCUT2D eigenvalue weighted by molar-refractivity contribution is 8.00. The van der Waals surface area contributed by atoms with Crippen LogP contribution in [0.3, 0.4) is 0 Å². The van der Waals surface area contributed by atoms with Crippen LogP contribution in [0.15, 0.2) is 29.2 Å². The van der Waals surface area contributed by atoms with E-state index in [1.165, 1.54) is 23.3 Å². The van der Waals surface area contributed by atoms with E-state index in [1.54, 1.807) is 0 Å². The maximum atomic E-state index is 5.81. The van der Waals surface area contributed by atoms with Gasteiger partial charge in [-0.05, 0) is 36.9 Å². The van der Waals surface area contributed by atoms with Crippen LogP contribution in [0, 0.1) is 5.92 Å². The minimum Gasteiger partial charge on any atom is -0.315 e. The molecular weight excluding hydrogens is 262 g/mol. The first kappa shape index (κ1) is 14.2. The van der Waals surface area contributed by atoms with Crippen molar-refractivity contribution in [2.45, 2.75) is 36.3 Å². The molecule has 1 aromatic rings. The lowest BCUT2D eigenvalue weighted by Crippen LogP contribution is -2.29. The number of thioether (sulfide) groups is 1. The van der Waals surface area contributed by atoms with E-state index in [2.05, 4.69) is 36.5 Å². The number of benzene rings is 1. The number of hydrogen-bond acceptors (Lipinski definition) is 2. The van der Waals surface area contributed by atoms with Gasteiger partial charge in [0.1, 0.15) is 0 Å². The van der Waals surface area contributed by atoms with Gasteiger partial charge >= 0.3 is 0 Å². The molecule has 18 heavy (non-hydrogen) atoms. The number of fused-ring (bicyclic) bond motifs is 1. The zero-order chi connectivity index (χ0) is 12.8. The van der Waals surface area contributed by atoms with E-state index in [1.807, 2.05) is 11.8 Å². The average molecular weight is 284 g/mol. The molecule has 0 bridgehead atoms. The van der Waals surface area contributed by atoms with E-state index in [0.29, 0.717) is 5.25 Å². The summed E-state index contributed by atoms with van der Waals surface area (Å²) in [6, 6.07) is 8.77. The van der Waals surface area contributed by atoms with Gasteiger partial charge in [-0.25, -0.2) is 0 Å². The fraction of sp³-hybridized carbons (Fsp3) is 0.600. The van der Waals surface area contributed by atoms with E-state index >= 15 is 0 Å². The molecule has 0 aliphatic carbocycles. The molecule has 1 aliphatic rings. The molecule has 2 unspecified atom stereocenters. The summed E-state index contributed by atoms with van der Waals surface area (Å²) in [6.45, 7) is 4.47. The summed E-state index contributed by atoms with van der Waals surface area (Å²) in [5, 5.41) is 4.32. The fourth-order valence-corrected chi connectivity index (χ4v) is 4.01. The molecule has 1 N–H and O–H groups in total. The molecule has 1 nitrogen and oxygen atoms in total. The molecule has 2 atom stereocenters. The monoisotopic (exact) mass is 283 g/mol. The highest BCUT2D eigenvalue weighted by Gasteiger charge is 2.21. The van der Waals surface area contributed by atoms with Gasteiger partial charge in [-0.2, -0.15) is 0 Å². The standard InChI is InChI=1S/C15H22ClNS/c1-2-12(7-8-16)10-17-11-14-9-13-5-3-4-6-15(13)18-14/h3-6,12,14,17H,2,7-11H2,1H3. The Balaban J connectivity index is 1.70. The first-order chi connectivity index (χ1) is 8.83. The topological polar surface area (TPSA) is 12.0 Å². The lowest BCUT2D eigenvalue weighted by Gasteiger charge is -2.16. The highest BCUT2D eigenvalue weighted by atomic mass is 35.5. The molecule has 0 spiro atoms. The van der Waals surface area contributed by atoms with E-state index in [0.717, 1.165) is 31.3 Å². The van der Waals surface area contributed by atoms with Crippen molar-refractivity contribution in [2.75, 3.05) is 19.0 Å². The van der Waals surface area contributed by atoms with Gasteiger partial charge in [0.15, 0.2) is 0 Å². The van der Waals surface area contributed by atoms with Gasteiger partial charge in [0, 0.05) is 22.6 Å². The van der Waals surface area contributed by atoms with Crippen LogP contribution in [0.1, 0.15) is 25.3 Å². The molecule has 2 rings (SSSR count). The Bertz CT molecular complexity index is 344. The van der Waals surface area contributed by atoms with Crippen LogP contribution in [-0.4, -0.2) is 24.2 Å². The predicted octanol–water partition coefficient (Wildman–Crippen LogP) is 3.95. The summed E-state index contributed by atoms with van der Waals surface area (Å²) in [5.41, 5.74) is 1.52. The van der Waals surface area contributed by atoms with Crippen molar-refractivity contribution in [1.29, 1.82) is 0 Å². The van der Waals surface area contributed by atoms with Crippen molar-refractivity contribution >= 4 is 23.4 Å². The van der Waals surface area contributed by atoms with Crippen molar-refractivity contribution < 1.29 is 0 Å². The molecular formula is C15H22ClNS. The van der Waals surface area contributed by atoms with Crippen molar-refractivity contribution in [3.8, 4) is 0 Å². The van der Waals surface area contributed by atoms with Gasteiger partial charge in [0.25, 0.3) is 0 Å². The van der Waals surface area contributed by atoms with Gasteiger partial charge in [-0.1, -0.05) is 31.5 Å². The summed E-state index contributed by atoms with van der Waals surface area (Å²) < 4.78 is 0. The Labute approximate surface area is 120 Å². The number of rotatable bonds is 7. The molecule has 1 aliphatic heterocycles. The van der Waals surface area contributed by atoms with Gasteiger partial charge in [0.2, 0.25) is 0 Å². The van der Waals surface area contributed by atoms with Crippen LogP contribution in [0.5, 0.6) is 0 Å². The van der Waals surface area contributed by atoms with Crippen molar-refractivity contribution in [1.82, 2.24) is 5.32 Å². The van der Waals surface area contributed by atoms with Crippen LogP contribution in [-0.2, 0) is 6.42 Å². The molecule has 0 aromatic heterocycles. The molecule has 1 aromatic carbocycles. The second kappa shape index (κ2) is 7.42. The summed E-state index contributed by atoms with van der Waals surface area (Å²) in [4.78, 5) is 1.47. The molecule has 3 heteroatoms. The molecule has 0 saturated carbocycles.